The summed E-state index contributed by atoms with van der Waals surface area (Å²) in [4.78, 5) is 26.9. The molecule has 9 nitrogen and oxygen atoms in total. The predicted molar refractivity (Wildman–Crippen MR) is 114 cm³/mol. The molecule has 1 aliphatic carbocycles. The first-order chi connectivity index (χ1) is 15.0. The molecule has 10 heteroatoms. The number of ether oxygens (including phenoxy) is 1. The van der Waals surface area contributed by atoms with E-state index in [0.29, 0.717) is 43.7 Å². The van der Waals surface area contributed by atoms with E-state index >= 15 is 0 Å². The lowest BCUT2D eigenvalue weighted by atomic mass is 10.1. The Morgan fingerprint density at radius 1 is 1.19 bits per heavy atom. The molecule has 0 spiro atoms. The molecule has 1 N–H and O–H groups in total. The highest BCUT2D eigenvalue weighted by Gasteiger charge is 2.36. The van der Waals surface area contributed by atoms with Crippen molar-refractivity contribution >= 4 is 33.4 Å². The molecule has 162 valence electrons. The maximum atomic E-state index is 12.9. The van der Waals surface area contributed by atoms with Crippen LogP contribution in [0.1, 0.15) is 30.5 Å². The van der Waals surface area contributed by atoms with E-state index in [0.717, 1.165) is 0 Å². The Hall–Kier alpha value is -3.11. The molecule has 0 bridgehead atoms. The number of anilines is 1. The molecule has 1 aromatic carbocycles. The SMILES string of the molecule is C=Cc1cnc(NC(=O)C(=NO[C@@H]2CCOC2)c2ccc(S(=O)(=O)C3CC3)cc2)cn1. The third kappa shape index (κ3) is 4.97. The van der Waals surface area contributed by atoms with Gasteiger partial charge in [0.25, 0.3) is 5.91 Å². The second-order valence-electron chi connectivity index (χ2n) is 7.28. The number of oxime groups is 1. The molecule has 31 heavy (non-hydrogen) atoms. The van der Waals surface area contributed by atoms with E-state index in [2.05, 4.69) is 27.0 Å². The highest BCUT2D eigenvalue weighted by molar-refractivity contribution is 7.92. The van der Waals surface area contributed by atoms with Gasteiger partial charge in [-0.15, -0.1) is 0 Å². The van der Waals surface area contributed by atoms with Crippen molar-refractivity contribution in [1.82, 2.24) is 9.97 Å². The van der Waals surface area contributed by atoms with Crippen LogP contribution in [-0.4, -0.2) is 54.6 Å². The van der Waals surface area contributed by atoms with Crippen LogP contribution in [0.15, 0.2) is 53.3 Å². The minimum Gasteiger partial charge on any atom is -0.389 e. The highest BCUT2D eigenvalue weighted by atomic mass is 32.2. The van der Waals surface area contributed by atoms with E-state index in [-0.39, 0.29) is 27.8 Å². The number of hydrogen-bond acceptors (Lipinski definition) is 8. The minimum atomic E-state index is -3.32. The van der Waals surface area contributed by atoms with Crippen LogP contribution in [0.25, 0.3) is 6.08 Å². The van der Waals surface area contributed by atoms with Crippen LogP contribution in [0.5, 0.6) is 0 Å². The summed E-state index contributed by atoms with van der Waals surface area (Å²) in [7, 11) is -3.32. The molecule has 4 rings (SSSR count). The number of carbonyl (C=O) groups is 1. The van der Waals surface area contributed by atoms with Crippen LogP contribution >= 0.6 is 0 Å². The zero-order valence-electron chi connectivity index (χ0n) is 16.7. The van der Waals surface area contributed by atoms with Crippen molar-refractivity contribution in [2.45, 2.75) is 35.5 Å². The number of benzene rings is 1. The standard InChI is InChI=1S/C21H22N4O5S/c1-2-15-11-23-19(12-22-15)24-21(26)20(25-30-16-9-10-29-13-16)14-3-5-17(6-4-14)31(27,28)18-7-8-18/h2-6,11-12,16,18H,1,7-10,13H2,(H,23,24,26)/t16-/m1/s1. The molecule has 2 fully saturated rings. The molecular formula is C21H22N4O5S. The summed E-state index contributed by atoms with van der Waals surface area (Å²) in [5.41, 5.74) is 0.989. The van der Waals surface area contributed by atoms with Crippen LogP contribution in [-0.2, 0) is 24.2 Å². The Morgan fingerprint density at radius 2 is 1.97 bits per heavy atom. The summed E-state index contributed by atoms with van der Waals surface area (Å²) < 4.78 is 30.1. The first kappa shape index (κ1) is 21.1. The van der Waals surface area contributed by atoms with Crippen molar-refractivity contribution in [3.05, 3.63) is 54.5 Å². The van der Waals surface area contributed by atoms with E-state index in [1.165, 1.54) is 24.5 Å². The lowest BCUT2D eigenvalue weighted by Gasteiger charge is -2.11. The summed E-state index contributed by atoms with van der Waals surface area (Å²) in [6.45, 7) is 4.58. The fourth-order valence-electron chi connectivity index (χ4n) is 3.01. The van der Waals surface area contributed by atoms with Gasteiger partial charge < -0.3 is 14.9 Å². The van der Waals surface area contributed by atoms with Crippen molar-refractivity contribution < 1.29 is 22.8 Å². The Balaban J connectivity index is 1.57. The second kappa shape index (κ2) is 8.94. The Morgan fingerprint density at radius 3 is 2.55 bits per heavy atom. The number of carbonyl (C=O) groups excluding carboxylic acids is 1. The lowest BCUT2D eigenvalue weighted by Crippen LogP contribution is -2.26. The molecule has 2 aliphatic rings. The van der Waals surface area contributed by atoms with Crippen molar-refractivity contribution in [3.8, 4) is 0 Å². The van der Waals surface area contributed by atoms with Gasteiger partial charge in [0.15, 0.2) is 27.5 Å². The van der Waals surface area contributed by atoms with Gasteiger partial charge in [-0.05, 0) is 31.1 Å². The van der Waals surface area contributed by atoms with Gasteiger partial charge in [0.2, 0.25) is 0 Å². The molecule has 1 saturated heterocycles. The molecule has 1 amide bonds. The normalized spacial score (nSPS) is 19.1. The van der Waals surface area contributed by atoms with Gasteiger partial charge in [0, 0.05) is 12.0 Å². The number of sulfone groups is 1. The van der Waals surface area contributed by atoms with Crippen LogP contribution in [0.2, 0.25) is 0 Å². The van der Waals surface area contributed by atoms with Gasteiger partial charge in [-0.3, -0.25) is 9.78 Å². The number of rotatable bonds is 8. The average molecular weight is 442 g/mol. The summed E-state index contributed by atoms with van der Waals surface area (Å²) >= 11 is 0. The Labute approximate surface area is 180 Å². The maximum Gasteiger partial charge on any atom is 0.279 e. The first-order valence-electron chi connectivity index (χ1n) is 9.89. The fourth-order valence-corrected chi connectivity index (χ4v) is 4.66. The Bertz CT molecular complexity index is 1090. The summed E-state index contributed by atoms with van der Waals surface area (Å²) in [6, 6.07) is 6.08. The van der Waals surface area contributed by atoms with Crippen LogP contribution < -0.4 is 5.32 Å². The van der Waals surface area contributed by atoms with Crippen molar-refractivity contribution in [1.29, 1.82) is 0 Å². The zero-order chi connectivity index (χ0) is 21.8. The smallest absolute Gasteiger partial charge is 0.279 e. The van der Waals surface area contributed by atoms with Crippen LogP contribution in [0, 0.1) is 0 Å². The van der Waals surface area contributed by atoms with Gasteiger partial charge in [0.1, 0.15) is 0 Å². The monoisotopic (exact) mass is 442 g/mol. The predicted octanol–water partition coefficient (Wildman–Crippen LogP) is 2.20. The molecule has 1 atom stereocenters. The molecule has 2 aromatic rings. The third-order valence-corrected chi connectivity index (χ3v) is 7.22. The molecule has 0 radical (unpaired) electrons. The zero-order valence-corrected chi connectivity index (χ0v) is 17.5. The number of hydrogen-bond donors (Lipinski definition) is 1. The van der Waals surface area contributed by atoms with E-state index in [1.54, 1.807) is 18.2 Å². The second-order valence-corrected chi connectivity index (χ2v) is 9.51. The molecular weight excluding hydrogens is 420 g/mol. The van der Waals surface area contributed by atoms with E-state index in [9.17, 15) is 13.2 Å². The summed E-state index contributed by atoms with van der Waals surface area (Å²) in [5, 5.41) is 6.38. The largest absolute Gasteiger partial charge is 0.389 e. The molecule has 1 saturated carbocycles. The van der Waals surface area contributed by atoms with Crippen LogP contribution in [0.4, 0.5) is 5.82 Å². The highest BCUT2D eigenvalue weighted by Crippen LogP contribution is 2.33. The molecule has 0 unspecified atom stereocenters. The Kier molecular flexibility index (Phi) is 6.10. The topological polar surface area (TPSA) is 120 Å². The summed E-state index contributed by atoms with van der Waals surface area (Å²) in [5.74, 6) is -0.321. The quantitative estimate of drug-likeness (QED) is 0.491. The maximum absolute atomic E-state index is 12.9. The van der Waals surface area contributed by atoms with E-state index in [1.807, 2.05) is 0 Å². The average Bonchev–Trinajstić information content (AvgIpc) is 3.52. The fraction of sp³-hybridized carbons (Fsp3) is 0.333. The van der Waals surface area contributed by atoms with Crippen molar-refractivity contribution in [3.63, 3.8) is 0 Å². The number of aromatic nitrogens is 2. The summed E-state index contributed by atoms with van der Waals surface area (Å²) in [6.07, 6.45) is 6.21. The van der Waals surface area contributed by atoms with Gasteiger partial charge >= 0.3 is 0 Å². The third-order valence-electron chi connectivity index (χ3n) is 4.94. The lowest BCUT2D eigenvalue weighted by molar-refractivity contribution is -0.110. The van der Waals surface area contributed by atoms with Crippen molar-refractivity contribution in [2.75, 3.05) is 18.5 Å². The van der Waals surface area contributed by atoms with E-state index in [4.69, 9.17) is 9.57 Å². The first-order valence-corrected chi connectivity index (χ1v) is 11.4. The van der Waals surface area contributed by atoms with Crippen LogP contribution in [0.3, 0.4) is 0 Å². The van der Waals surface area contributed by atoms with Gasteiger partial charge in [-0.1, -0.05) is 23.9 Å². The number of nitrogens with zero attached hydrogens (tertiary/aromatic N) is 3. The van der Waals surface area contributed by atoms with Crippen molar-refractivity contribution in [2.24, 2.45) is 5.16 Å². The van der Waals surface area contributed by atoms with Gasteiger partial charge in [0.05, 0.1) is 41.4 Å². The minimum absolute atomic E-state index is 0.00290. The number of nitrogens with one attached hydrogen (secondary N) is 1. The van der Waals surface area contributed by atoms with E-state index < -0.39 is 15.7 Å². The molecule has 1 aliphatic heterocycles. The molecule has 2 heterocycles. The molecule has 1 aromatic heterocycles. The number of amides is 1. The van der Waals surface area contributed by atoms with Gasteiger partial charge in [-0.25, -0.2) is 13.4 Å². The van der Waals surface area contributed by atoms with Gasteiger partial charge in [-0.2, -0.15) is 0 Å².